The van der Waals surface area contributed by atoms with Crippen LogP contribution in [0.25, 0.3) is 11.3 Å². The normalized spacial score (nSPS) is 11.4. The fraction of sp³-hybridized carbons (Fsp3) is 0.111. The molecule has 26 heavy (non-hydrogen) atoms. The average Bonchev–Trinajstić information content (AvgIpc) is 2.61. The molecule has 0 aliphatic heterocycles. The van der Waals surface area contributed by atoms with Crippen molar-refractivity contribution in [3.8, 4) is 11.3 Å². The highest BCUT2D eigenvalue weighted by atomic mass is 19.4. The van der Waals surface area contributed by atoms with Gasteiger partial charge in [0.25, 0.3) is 0 Å². The summed E-state index contributed by atoms with van der Waals surface area (Å²) in [5, 5.41) is 2.70. The Hall–Kier alpha value is -3.03. The summed E-state index contributed by atoms with van der Waals surface area (Å²) in [7, 11) is 0. The van der Waals surface area contributed by atoms with E-state index in [-0.39, 0.29) is 18.2 Å². The van der Waals surface area contributed by atoms with Crippen molar-refractivity contribution < 1.29 is 22.0 Å². The lowest BCUT2D eigenvalue weighted by Crippen LogP contribution is -2.12. The molecule has 3 rings (SSSR count). The Kier molecular flexibility index (Phi) is 4.83. The minimum atomic E-state index is -4.66. The third-order valence-corrected chi connectivity index (χ3v) is 3.52. The van der Waals surface area contributed by atoms with Crippen molar-refractivity contribution in [3.63, 3.8) is 0 Å². The van der Waals surface area contributed by atoms with Crippen LogP contribution in [0, 0.1) is 11.6 Å². The lowest BCUT2D eigenvalue weighted by atomic mass is 10.1. The summed E-state index contributed by atoms with van der Waals surface area (Å²) >= 11 is 0. The molecule has 0 saturated heterocycles. The molecule has 0 aliphatic carbocycles. The highest BCUT2D eigenvalue weighted by molar-refractivity contribution is 5.61. The van der Waals surface area contributed by atoms with Crippen LogP contribution in [0.4, 0.5) is 27.9 Å². The third kappa shape index (κ3) is 4.33. The minimum Gasteiger partial charge on any atom is -0.350 e. The first-order valence-electron chi connectivity index (χ1n) is 7.52. The van der Waals surface area contributed by atoms with Crippen LogP contribution < -0.4 is 5.32 Å². The van der Waals surface area contributed by atoms with Gasteiger partial charge in [-0.3, -0.25) is 0 Å². The number of benzene rings is 2. The van der Waals surface area contributed by atoms with Crippen LogP contribution in [0.15, 0.2) is 54.6 Å². The van der Waals surface area contributed by atoms with Crippen LogP contribution in [0.3, 0.4) is 0 Å². The Morgan fingerprint density at radius 2 is 1.38 bits per heavy atom. The quantitative estimate of drug-likeness (QED) is 0.658. The van der Waals surface area contributed by atoms with E-state index in [0.29, 0.717) is 11.1 Å². The molecule has 134 valence electrons. The Morgan fingerprint density at radius 1 is 0.808 bits per heavy atom. The van der Waals surface area contributed by atoms with Crippen LogP contribution in [0.5, 0.6) is 0 Å². The number of anilines is 1. The molecule has 0 amide bonds. The molecule has 0 radical (unpaired) electrons. The van der Waals surface area contributed by atoms with E-state index in [1.165, 1.54) is 36.4 Å². The van der Waals surface area contributed by atoms with Gasteiger partial charge in [-0.15, -0.1) is 0 Å². The van der Waals surface area contributed by atoms with Crippen molar-refractivity contribution in [2.45, 2.75) is 12.7 Å². The van der Waals surface area contributed by atoms with Gasteiger partial charge in [0.2, 0.25) is 5.95 Å². The zero-order valence-corrected chi connectivity index (χ0v) is 13.2. The van der Waals surface area contributed by atoms with Crippen LogP contribution in [-0.2, 0) is 12.7 Å². The maximum Gasteiger partial charge on any atom is 0.433 e. The van der Waals surface area contributed by atoms with E-state index in [1.54, 1.807) is 0 Å². The SMILES string of the molecule is Fc1ccc(CNc2nc(-c3ccc(F)cc3)cc(C(F)(F)F)n2)cc1. The molecule has 1 heterocycles. The molecule has 0 saturated carbocycles. The maximum atomic E-state index is 13.1. The Morgan fingerprint density at radius 3 is 1.96 bits per heavy atom. The van der Waals surface area contributed by atoms with Crippen LogP contribution in [0.1, 0.15) is 11.3 Å². The fourth-order valence-electron chi connectivity index (χ4n) is 2.22. The van der Waals surface area contributed by atoms with Gasteiger partial charge in [0, 0.05) is 12.1 Å². The average molecular weight is 365 g/mol. The first-order chi connectivity index (χ1) is 12.3. The molecule has 0 aliphatic rings. The molecule has 1 aromatic heterocycles. The van der Waals surface area contributed by atoms with Gasteiger partial charge >= 0.3 is 6.18 Å². The van der Waals surface area contributed by atoms with Gasteiger partial charge in [-0.1, -0.05) is 12.1 Å². The molecular weight excluding hydrogens is 353 g/mol. The molecule has 0 fully saturated rings. The molecule has 3 aromatic rings. The van der Waals surface area contributed by atoms with Crippen molar-refractivity contribution >= 4 is 5.95 Å². The summed E-state index contributed by atoms with van der Waals surface area (Å²) < 4.78 is 65.3. The summed E-state index contributed by atoms with van der Waals surface area (Å²) in [6, 6.07) is 11.2. The number of hydrogen-bond acceptors (Lipinski definition) is 3. The predicted molar refractivity (Wildman–Crippen MR) is 86.2 cm³/mol. The second-order valence-corrected chi connectivity index (χ2v) is 5.45. The van der Waals surface area contributed by atoms with E-state index in [4.69, 9.17) is 0 Å². The molecule has 0 atom stereocenters. The molecule has 1 N–H and O–H groups in total. The van der Waals surface area contributed by atoms with Gasteiger partial charge in [-0.05, 0) is 48.0 Å². The molecule has 0 bridgehead atoms. The zero-order valence-electron chi connectivity index (χ0n) is 13.2. The summed E-state index contributed by atoms with van der Waals surface area (Å²) in [6.07, 6.45) is -4.66. The molecule has 0 spiro atoms. The lowest BCUT2D eigenvalue weighted by Gasteiger charge is -2.12. The minimum absolute atomic E-state index is 0.00827. The number of nitrogens with one attached hydrogen (secondary N) is 1. The lowest BCUT2D eigenvalue weighted by molar-refractivity contribution is -0.141. The molecule has 8 heteroatoms. The van der Waals surface area contributed by atoms with Crippen LogP contribution in [0.2, 0.25) is 0 Å². The van der Waals surface area contributed by atoms with Crippen molar-refractivity contribution in [3.05, 3.63) is 77.5 Å². The van der Waals surface area contributed by atoms with Gasteiger partial charge in [-0.25, -0.2) is 18.7 Å². The summed E-state index contributed by atoms with van der Waals surface area (Å²) in [4.78, 5) is 7.55. The summed E-state index contributed by atoms with van der Waals surface area (Å²) in [5.41, 5.74) is -0.137. The number of halogens is 5. The van der Waals surface area contributed by atoms with E-state index < -0.39 is 23.5 Å². The summed E-state index contributed by atoms with van der Waals surface area (Å²) in [6.45, 7) is 0.116. The molecule has 3 nitrogen and oxygen atoms in total. The third-order valence-electron chi connectivity index (χ3n) is 3.52. The number of alkyl halides is 3. The first kappa shape index (κ1) is 17.8. The van der Waals surface area contributed by atoms with Gasteiger partial charge in [0.05, 0.1) is 5.69 Å². The number of nitrogens with zero attached hydrogens (tertiary/aromatic N) is 2. The van der Waals surface area contributed by atoms with Gasteiger partial charge in [0.1, 0.15) is 11.6 Å². The number of aromatic nitrogens is 2. The van der Waals surface area contributed by atoms with Crippen molar-refractivity contribution in [1.82, 2.24) is 9.97 Å². The van der Waals surface area contributed by atoms with Crippen LogP contribution in [-0.4, -0.2) is 9.97 Å². The molecular formula is C18H12F5N3. The number of hydrogen-bond donors (Lipinski definition) is 1. The highest BCUT2D eigenvalue weighted by Crippen LogP contribution is 2.31. The second kappa shape index (κ2) is 7.07. The van der Waals surface area contributed by atoms with Crippen molar-refractivity contribution in [2.24, 2.45) is 0 Å². The fourth-order valence-corrected chi connectivity index (χ4v) is 2.22. The zero-order chi connectivity index (χ0) is 18.7. The van der Waals surface area contributed by atoms with E-state index in [1.807, 2.05) is 0 Å². The Balaban J connectivity index is 1.92. The standard InChI is InChI=1S/C18H12F5N3/c19-13-5-1-11(2-6-13)10-24-17-25-15(9-16(26-17)18(21,22)23)12-3-7-14(20)8-4-12/h1-9H,10H2,(H,24,25,26). The first-order valence-corrected chi connectivity index (χ1v) is 7.52. The van der Waals surface area contributed by atoms with Crippen molar-refractivity contribution in [2.75, 3.05) is 5.32 Å². The van der Waals surface area contributed by atoms with Crippen molar-refractivity contribution in [1.29, 1.82) is 0 Å². The second-order valence-electron chi connectivity index (χ2n) is 5.45. The largest absolute Gasteiger partial charge is 0.433 e. The molecule has 0 unspecified atom stereocenters. The Bertz CT molecular complexity index is 890. The van der Waals surface area contributed by atoms with Gasteiger partial charge < -0.3 is 5.32 Å². The molecule has 2 aromatic carbocycles. The van der Waals surface area contributed by atoms with Crippen LogP contribution >= 0.6 is 0 Å². The van der Waals surface area contributed by atoms with E-state index in [9.17, 15) is 22.0 Å². The topological polar surface area (TPSA) is 37.8 Å². The van der Waals surface area contributed by atoms with Gasteiger partial charge in [-0.2, -0.15) is 13.2 Å². The Labute approximate surface area is 145 Å². The number of rotatable bonds is 4. The van der Waals surface area contributed by atoms with Gasteiger partial charge in [0.15, 0.2) is 5.69 Å². The monoisotopic (exact) mass is 365 g/mol. The highest BCUT2D eigenvalue weighted by Gasteiger charge is 2.33. The maximum absolute atomic E-state index is 13.1. The van der Waals surface area contributed by atoms with E-state index >= 15 is 0 Å². The van der Waals surface area contributed by atoms with E-state index in [0.717, 1.165) is 18.2 Å². The van der Waals surface area contributed by atoms with E-state index in [2.05, 4.69) is 15.3 Å². The smallest absolute Gasteiger partial charge is 0.350 e. The predicted octanol–water partition coefficient (Wildman–Crippen LogP) is 5.05. The summed E-state index contributed by atoms with van der Waals surface area (Å²) in [5.74, 6) is -1.15.